The first-order chi connectivity index (χ1) is 14.1. The molecule has 154 valence electrons. The van der Waals surface area contributed by atoms with Gasteiger partial charge in [0.25, 0.3) is 5.88 Å². The van der Waals surface area contributed by atoms with Crippen molar-refractivity contribution in [1.29, 1.82) is 0 Å². The third-order valence-corrected chi connectivity index (χ3v) is 6.10. The second-order valence-electron chi connectivity index (χ2n) is 7.94. The Balaban J connectivity index is 1.51. The summed E-state index contributed by atoms with van der Waals surface area (Å²) in [6, 6.07) is 0.361. The minimum absolute atomic E-state index is 0.361. The van der Waals surface area contributed by atoms with Crippen molar-refractivity contribution < 1.29 is 9.47 Å². The molecule has 3 aromatic heterocycles. The summed E-state index contributed by atoms with van der Waals surface area (Å²) in [5.74, 6) is 1.16. The van der Waals surface area contributed by atoms with E-state index in [1.54, 1.807) is 7.11 Å². The minimum atomic E-state index is 0.361. The van der Waals surface area contributed by atoms with Crippen LogP contribution in [0.5, 0.6) is 5.88 Å². The molecule has 1 fully saturated rings. The molecule has 29 heavy (non-hydrogen) atoms. The smallest absolute Gasteiger partial charge is 0.257 e. The molecule has 0 spiro atoms. The summed E-state index contributed by atoms with van der Waals surface area (Å²) in [7, 11) is 1.80. The van der Waals surface area contributed by atoms with Crippen molar-refractivity contribution >= 4 is 22.7 Å². The van der Waals surface area contributed by atoms with Gasteiger partial charge in [-0.25, -0.2) is 9.67 Å². The van der Waals surface area contributed by atoms with Crippen LogP contribution >= 0.6 is 0 Å². The molecule has 1 N–H and O–H groups in total. The molecule has 9 nitrogen and oxygen atoms in total. The number of fused-ring (bicyclic) bond motifs is 2. The van der Waals surface area contributed by atoms with E-state index < -0.39 is 0 Å². The number of ether oxygens (including phenoxy) is 2. The quantitative estimate of drug-likeness (QED) is 0.709. The van der Waals surface area contributed by atoms with E-state index in [4.69, 9.17) is 19.6 Å². The zero-order chi connectivity index (χ0) is 20.0. The number of nitrogens with one attached hydrogen (secondary N) is 1. The van der Waals surface area contributed by atoms with Crippen LogP contribution in [0.25, 0.3) is 11.0 Å². The number of hydrogen-bond donors (Lipinski definition) is 1. The number of methoxy groups -OCH3 is 1. The summed E-state index contributed by atoms with van der Waals surface area (Å²) in [5, 5.41) is 13.8. The van der Waals surface area contributed by atoms with Crippen LogP contribution in [0.1, 0.15) is 49.5 Å². The Hall–Kier alpha value is -2.68. The number of nitrogens with zero attached hydrogens (tertiary/aromatic N) is 6. The van der Waals surface area contributed by atoms with E-state index in [0.29, 0.717) is 30.6 Å². The van der Waals surface area contributed by atoms with Crippen molar-refractivity contribution in [3.05, 3.63) is 17.6 Å². The molecule has 4 heterocycles. The monoisotopic (exact) mass is 397 g/mol. The molecule has 0 aromatic carbocycles. The van der Waals surface area contributed by atoms with Gasteiger partial charge in [0.2, 0.25) is 5.95 Å². The van der Waals surface area contributed by atoms with E-state index in [9.17, 15) is 0 Å². The molecule has 0 unspecified atom stereocenters. The van der Waals surface area contributed by atoms with Gasteiger partial charge in [0.1, 0.15) is 5.69 Å². The topological polar surface area (TPSA) is 91.9 Å². The zero-order valence-corrected chi connectivity index (χ0v) is 17.2. The molecule has 1 aliphatic heterocycles. The van der Waals surface area contributed by atoms with Crippen LogP contribution < -0.4 is 10.1 Å². The Labute approximate surface area is 169 Å². The van der Waals surface area contributed by atoms with E-state index in [2.05, 4.69) is 27.0 Å². The fourth-order valence-corrected chi connectivity index (χ4v) is 4.44. The molecule has 9 heteroatoms. The summed E-state index contributed by atoms with van der Waals surface area (Å²) in [5.41, 5.74) is 3.70. The first-order valence-electron chi connectivity index (χ1n) is 10.4. The van der Waals surface area contributed by atoms with Gasteiger partial charge in [0, 0.05) is 26.3 Å². The molecule has 5 rings (SSSR count). The fourth-order valence-electron chi connectivity index (χ4n) is 4.44. The highest BCUT2D eigenvalue weighted by molar-refractivity contribution is 5.79. The molecule has 0 saturated heterocycles. The maximum Gasteiger partial charge on any atom is 0.257 e. The average Bonchev–Trinajstić information content (AvgIpc) is 3.21. The second kappa shape index (κ2) is 7.29. The molecular formula is C20H27N7O2. The van der Waals surface area contributed by atoms with Crippen LogP contribution in [0, 0.1) is 13.8 Å². The van der Waals surface area contributed by atoms with Gasteiger partial charge in [0.15, 0.2) is 5.65 Å². The minimum Gasteiger partial charge on any atom is -0.475 e. The van der Waals surface area contributed by atoms with E-state index in [0.717, 1.165) is 66.8 Å². The van der Waals surface area contributed by atoms with Gasteiger partial charge < -0.3 is 14.8 Å². The summed E-state index contributed by atoms with van der Waals surface area (Å²) >= 11 is 0. The standard InChI is InChI=1S/C20H27N7O2/c1-12-16-11-21-20-22-17-13(2)27(14-5-7-15(28-3)8-6-14)25-19(17)29-10-4-9-26(24-12)18(16)23-20/h11,14-15H,4-10H2,1-3H3,(H,21,22,23)/t14-,15-. The van der Waals surface area contributed by atoms with Crippen molar-refractivity contribution in [1.82, 2.24) is 29.5 Å². The van der Waals surface area contributed by atoms with Gasteiger partial charge >= 0.3 is 0 Å². The zero-order valence-electron chi connectivity index (χ0n) is 17.2. The molecule has 2 bridgehead atoms. The molecule has 1 aliphatic carbocycles. The van der Waals surface area contributed by atoms with E-state index >= 15 is 0 Å². The Kier molecular flexibility index (Phi) is 4.61. The van der Waals surface area contributed by atoms with Gasteiger partial charge in [-0.2, -0.15) is 10.1 Å². The maximum absolute atomic E-state index is 6.08. The first-order valence-corrected chi connectivity index (χ1v) is 10.4. The summed E-state index contributed by atoms with van der Waals surface area (Å²) in [4.78, 5) is 9.24. The number of rotatable bonds is 2. The highest BCUT2D eigenvalue weighted by atomic mass is 16.5. The predicted octanol–water partition coefficient (Wildman–Crippen LogP) is 3.30. The molecule has 0 atom stereocenters. The van der Waals surface area contributed by atoms with E-state index in [1.807, 2.05) is 17.8 Å². The van der Waals surface area contributed by atoms with Gasteiger partial charge in [-0.1, -0.05) is 0 Å². The lowest BCUT2D eigenvalue weighted by Gasteiger charge is -2.28. The first kappa shape index (κ1) is 18.4. The molecule has 0 radical (unpaired) electrons. The van der Waals surface area contributed by atoms with Gasteiger partial charge in [0.05, 0.1) is 35.5 Å². The summed E-state index contributed by atoms with van der Waals surface area (Å²) < 4.78 is 15.6. The predicted molar refractivity (Wildman–Crippen MR) is 109 cm³/mol. The van der Waals surface area contributed by atoms with Crippen molar-refractivity contribution in [2.75, 3.05) is 19.0 Å². The number of aromatic nitrogens is 6. The lowest BCUT2D eigenvalue weighted by Crippen LogP contribution is -2.24. The van der Waals surface area contributed by atoms with Gasteiger partial charge in [-0.15, -0.1) is 5.10 Å². The summed E-state index contributed by atoms with van der Waals surface area (Å²) in [6.07, 6.45) is 7.27. The molecule has 3 aromatic rings. The van der Waals surface area contributed by atoms with Gasteiger partial charge in [-0.3, -0.25) is 4.68 Å². The third-order valence-electron chi connectivity index (χ3n) is 6.10. The number of aryl methyl sites for hydroxylation is 2. The Bertz CT molecular complexity index is 1030. The SMILES string of the molecule is CO[C@H]1CC[C@H](n2nc3c(c2C)Nc2ncc4c(C)nn(c4n2)CCCO3)CC1. The molecule has 1 saturated carbocycles. The van der Waals surface area contributed by atoms with E-state index in [1.165, 1.54) is 0 Å². The van der Waals surface area contributed by atoms with Crippen LogP contribution in [0.4, 0.5) is 11.6 Å². The average molecular weight is 397 g/mol. The van der Waals surface area contributed by atoms with Crippen molar-refractivity contribution in [2.24, 2.45) is 0 Å². The van der Waals surface area contributed by atoms with Crippen LogP contribution in [0.2, 0.25) is 0 Å². The molecule has 0 amide bonds. The normalized spacial score (nSPS) is 22.0. The highest BCUT2D eigenvalue weighted by Gasteiger charge is 2.27. The highest BCUT2D eigenvalue weighted by Crippen LogP contribution is 2.37. The van der Waals surface area contributed by atoms with Crippen molar-refractivity contribution in [3.63, 3.8) is 0 Å². The van der Waals surface area contributed by atoms with Crippen LogP contribution in [0.3, 0.4) is 0 Å². The van der Waals surface area contributed by atoms with Gasteiger partial charge in [-0.05, 0) is 39.5 Å². The summed E-state index contributed by atoms with van der Waals surface area (Å²) in [6.45, 7) is 5.39. The van der Waals surface area contributed by atoms with Crippen LogP contribution in [-0.4, -0.2) is 49.3 Å². The van der Waals surface area contributed by atoms with E-state index in [-0.39, 0.29) is 0 Å². The van der Waals surface area contributed by atoms with Crippen molar-refractivity contribution in [3.8, 4) is 5.88 Å². The number of anilines is 2. The Morgan fingerprint density at radius 1 is 1.17 bits per heavy atom. The van der Waals surface area contributed by atoms with Crippen LogP contribution in [0.15, 0.2) is 6.20 Å². The molecular weight excluding hydrogens is 370 g/mol. The Morgan fingerprint density at radius 2 is 2.00 bits per heavy atom. The lowest BCUT2D eigenvalue weighted by atomic mass is 9.93. The fraction of sp³-hybridized carbons (Fsp3) is 0.600. The third kappa shape index (κ3) is 3.23. The maximum atomic E-state index is 6.08. The van der Waals surface area contributed by atoms with Crippen molar-refractivity contribution in [2.45, 2.75) is 64.6 Å². The Morgan fingerprint density at radius 3 is 2.79 bits per heavy atom. The van der Waals surface area contributed by atoms with Crippen LogP contribution in [-0.2, 0) is 11.3 Å². The second-order valence-corrected chi connectivity index (χ2v) is 7.94. The largest absolute Gasteiger partial charge is 0.475 e. The lowest BCUT2D eigenvalue weighted by molar-refractivity contribution is 0.0563. The number of hydrogen-bond acceptors (Lipinski definition) is 7. The molecule has 2 aliphatic rings.